The van der Waals surface area contributed by atoms with Gasteiger partial charge in [-0.2, -0.15) is 0 Å². The summed E-state index contributed by atoms with van der Waals surface area (Å²) in [5.41, 5.74) is 1.35. The number of rotatable bonds is 3. The van der Waals surface area contributed by atoms with Crippen molar-refractivity contribution in [2.24, 2.45) is 0 Å². The van der Waals surface area contributed by atoms with E-state index in [4.69, 9.17) is 4.74 Å². The summed E-state index contributed by atoms with van der Waals surface area (Å²) < 4.78 is 5.12. The minimum atomic E-state index is -0.450. The first kappa shape index (κ1) is 18.2. The molecular weight excluding hydrogens is 344 g/mol. The zero-order valence-electron chi connectivity index (χ0n) is 16.1. The number of ether oxygens (including phenoxy) is 1. The molecule has 4 rings (SSSR count). The van der Waals surface area contributed by atoms with Crippen molar-refractivity contribution < 1.29 is 14.3 Å². The van der Waals surface area contributed by atoms with Crippen molar-refractivity contribution in [1.29, 1.82) is 0 Å². The fraction of sp³-hybridized carbons (Fsp3) is 0.650. The van der Waals surface area contributed by atoms with Gasteiger partial charge in [0.25, 0.3) is 0 Å². The van der Waals surface area contributed by atoms with Crippen LogP contribution in [-0.4, -0.2) is 65.6 Å². The van der Waals surface area contributed by atoms with Gasteiger partial charge < -0.3 is 15.0 Å². The largest absolute Gasteiger partial charge is 0.450 e. The van der Waals surface area contributed by atoms with Crippen LogP contribution in [-0.2, 0) is 14.9 Å². The second-order valence-electron chi connectivity index (χ2n) is 7.91. The lowest BCUT2D eigenvalue weighted by Crippen LogP contribution is -2.46. The number of carbonyl (C=O) groups excluding carboxylic acids is 2. The molecule has 2 aliphatic heterocycles. The number of amides is 2. The Morgan fingerprint density at radius 2 is 2.19 bits per heavy atom. The van der Waals surface area contributed by atoms with Gasteiger partial charge in [-0.3, -0.25) is 14.7 Å². The first-order valence-corrected chi connectivity index (χ1v) is 9.96. The van der Waals surface area contributed by atoms with Gasteiger partial charge >= 0.3 is 6.09 Å². The molecule has 2 fully saturated rings. The fourth-order valence-electron chi connectivity index (χ4n) is 4.95. The normalized spacial score (nSPS) is 30.2. The molecule has 0 radical (unpaired) electrons. The highest BCUT2D eigenvalue weighted by molar-refractivity contribution is 6.05. The quantitative estimate of drug-likeness (QED) is 0.882. The number of nitrogens with zero attached hydrogens (tertiary/aromatic N) is 3. The summed E-state index contributed by atoms with van der Waals surface area (Å²) in [5.74, 6) is 0.107. The molecule has 1 aromatic rings. The van der Waals surface area contributed by atoms with Gasteiger partial charge in [-0.05, 0) is 51.2 Å². The van der Waals surface area contributed by atoms with Crippen LogP contribution in [0, 0.1) is 0 Å². The van der Waals surface area contributed by atoms with Gasteiger partial charge in [0, 0.05) is 38.4 Å². The number of hydrogen-bond donors (Lipinski definition) is 1. The highest BCUT2D eigenvalue weighted by atomic mass is 16.6. The van der Waals surface area contributed by atoms with Gasteiger partial charge in [0.1, 0.15) is 0 Å². The van der Waals surface area contributed by atoms with E-state index < -0.39 is 5.41 Å². The number of nitrogens with one attached hydrogen (secondary N) is 1. The lowest BCUT2D eigenvalue weighted by Gasteiger charge is -2.39. The van der Waals surface area contributed by atoms with E-state index in [1.807, 2.05) is 26.1 Å². The van der Waals surface area contributed by atoms with E-state index in [2.05, 4.69) is 15.2 Å². The first-order chi connectivity index (χ1) is 13.0. The van der Waals surface area contributed by atoms with Crippen molar-refractivity contribution in [1.82, 2.24) is 14.8 Å². The average Bonchev–Trinajstić information content (AvgIpc) is 3.27. The molecule has 0 bridgehead atoms. The van der Waals surface area contributed by atoms with Gasteiger partial charge in [-0.1, -0.05) is 0 Å². The van der Waals surface area contributed by atoms with Crippen LogP contribution in [0.1, 0.15) is 44.7 Å². The molecule has 7 nitrogen and oxygen atoms in total. The van der Waals surface area contributed by atoms with Gasteiger partial charge in [-0.15, -0.1) is 0 Å². The zero-order valence-corrected chi connectivity index (χ0v) is 16.1. The Hall–Kier alpha value is -2.15. The van der Waals surface area contributed by atoms with Crippen molar-refractivity contribution >= 4 is 17.7 Å². The molecule has 1 aliphatic carbocycles. The van der Waals surface area contributed by atoms with Crippen LogP contribution in [0.15, 0.2) is 18.3 Å². The molecule has 0 aromatic carbocycles. The smallest absolute Gasteiger partial charge is 0.409 e. The van der Waals surface area contributed by atoms with E-state index in [0.717, 1.165) is 56.6 Å². The Morgan fingerprint density at radius 3 is 2.93 bits per heavy atom. The lowest BCUT2D eigenvalue weighted by atomic mass is 9.70. The van der Waals surface area contributed by atoms with Crippen LogP contribution in [0.25, 0.3) is 0 Å². The van der Waals surface area contributed by atoms with Crippen LogP contribution in [0.2, 0.25) is 0 Å². The second-order valence-corrected chi connectivity index (χ2v) is 7.91. The summed E-state index contributed by atoms with van der Waals surface area (Å²) >= 11 is 0. The van der Waals surface area contributed by atoms with E-state index in [1.165, 1.54) is 0 Å². The monoisotopic (exact) mass is 372 g/mol. The van der Waals surface area contributed by atoms with E-state index in [1.54, 1.807) is 11.1 Å². The van der Waals surface area contributed by atoms with E-state index in [-0.39, 0.29) is 18.0 Å². The van der Waals surface area contributed by atoms with E-state index >= 15 is 0 Å². The van der Waals surface area contributed by atoms with Crippen LogP contribution in [0.3, 0.4) is 0 Å². The van der Waals surface area contributed by atoms with Gasteiger partial charge in [0.05, 0.1) is 23.4 Å². The third kappa shape index (κ3) is 3.08. The van der Waals surface area contributed by atoms with Crippen molar-refractivity contribution in [2.45, 2.75) is 56.5 Å². The molecule has 1 atom stereocenters. The van der Waals surface area contributed by atoms with Crippen LogP contribution < -0.4 is 5.32 Å². The Morgan fingerprint density at radius 1 is 1.41 bits per heavy atom. The number of likely N-dealkylation sites (tertiary alicyclic amines) is 1. The minimum absolute atomic E-state index is 0.107. The van der Waals surface area contributed by atoms with Crippen LogP contribution in [0.4, 0.5) is 10.5 Å². The van der Waals surface area contributed by atoms with Crippen molar-refractivity contribution in [3.8, 4) is 0 Å². The van der Waals surface area contributed by atoms with Gasteiger partial charge in [-0.25, -0.2) is 4.79 Å². The van der Waals surface area contributed by atoms with Crippen LogP contribution >= 0.6 is 0 Å². The first-order valence-electron chi connectivity index (χ1n) is 9.96. The molecule has 0 unspecified atom stereocenters. The second kappa shape index (κ2) is 7.11. The average molecular weight is 372 g/mol. The van der Waals surface area contributed by atoms with Gasteiger partial charge in [0.2, 0.25) is 5.91 Å². The molecule has 1 aromatic heterocycles. The Labute approximate surface area is 160 Å². The number of anilines is 1. The zero-order chi connectivity index (χ0) is 19.0. The third-order valence-corrected chi connectivity index (χ3v) is 6.57. The highest BCUT2D eigenvalue weighted by Gasteiger charge is 2.50. The maximum absolute atomic E-state index is 12.7. The summed E-state index contributed by atoms with van der Waals surface area (Å²) in [7, 11) is 1.83. The summed E-state index contributed by atoms with van der Waals surface area (Å²) in [4.78, 5) is 33.4. The van der Waals surface area contributed by atoms with E-state index in [0.29, 0.717) is 12.6 Å². The molecular formula is C20H28N4O3. The molecule has 1 saturated carbocycles. The van der Waals surface area contributed by atoms with Crippen molar-refractivity contribution in [2.75, 3.05) is 32.1 Å². The SMILES string of the molecule is CCOC(=O)N(C)[C@@H]1CCN(C2CCC3(CC2)C(=O)Nc2cccnc23)C1. The molecule has 1 spiro atoms. The number of likely N-dealkylation sites (N-methyl/N-ethyl adjacent to an activating group) is 1. The van der Waals surface area contributed by atoms with Crippen molar-refractivity contribution in [3.05, 3.63) is 24.0 Å². The Bertz CT molecular complexity index is 730. The minimum Gasteiger partial charge on any atom is -0.450 e. The molecule has 27 heavy (non-hydrogen) atoms. The highest BCUT2D eigenvalue weighted by Crippen LogP contribution is 2.47. The maximum atomic E-state index is 12.7. The summed E-state index contributed by atoms with van der Waals surface area (Å²) in [5, 5.41) is 3.02. The number of hydrogen-bond acceptors (Lipinski definition) is 5. The number of aromatic nitrogens is 1. The number of carbonyl (C=O) groups is 2. The Kier molecular flexibility index (Phi) is 4.80. The number of pyridine rings is 1. The van der Waals surface area contributed by atoms with Gasteiger partial charge in [0.15, 0.2) is 0 Å². The maximum Gasteiger partial charge on any atom is 0.409 e. The Balaban J connectivity index is 1.38. The molecule has 3 heterocycles. The standard InChI is InChI=1S/C20H28N4O3/c1-3-27-19(26)23(2)15-8-12-24(13-15)14-6-9-20(10-7-14)17-16(22-18(20)25)5-4-11-21-17/h4-5,11,14-15H,3,6-10,12-13H2,1-2H3,(H,22,25)/t14?,15-,20?/m1/s1. The predicted octanol–water partition coefficient (Wildman–Crippen LogP) is 2.38. The lowest BCUT2D eigenvalue weighted by molar-refractivity contribution is -0.122. The van der Waals surface area contributed by atoms with Crippen LogP contribution in [0.5, 0.6) is 0 Å². The molecule has 3 aliphatic rings. The van der Waals surface area contributed by atoms with E-state index in [9.17, 15) is 9.59 Å². The molecule has 7 heteroatoms. The predicted molar refractivity (Wildman–Crippen MR) is 102 cm³/mol. The van der Waals surface area contributed by atoms with Crippen molar-refractivity contribution in [3.63, 3.8) is 0 Å². The molecule has 1 N–H and O–H groups in total. The summed E-state index contributed by atoms with van der Waals surface area (Å²) in [6, 6.07) is 4.49. The molecule has 1 saturated heterocycles. The molecule has 2 amide bonds. The topological polar surface area (TPSA) is 74.8 Å². The summed E-state index contributed by atoms with van der Waals surface area (Å²) in [6.07, 6.45) is 6.16. The fourth-order valence-corrected chi connectivity index (χ4v) is 4.95. The summed E-state index contributed by atoms with van der Waals surface area (Å²) in [6.45, 7) is 4.11. The number of fused-ring (bicyclic) bond motifs is 2. The molecule has 146 valence electrons. The third-order valence-electron chi connectivity index (χ3n) is 6.57.